The van der Waals surface area contributed by atoms with Crippen molar-refractivity contribution >= 4 is 11.6 Å². The van der Waals surface area contributed by atoms with Gasteiger partial charge in [-0.2, -0.15) is 8.78 Å². The Morgan fingerprint density at radius 3 is 2.32 bits per heavy atom. The molecular weight excluding hydrogens is 362 g/mol. The number of benzene rings is 3. The minimum absolute atomic E-state index is 0.0795. The third-order valence-corrected chi connectivity index (χ3v) is 4.64. The largest absolute Gasteiger partial charge is 0.435 e. The van der Waals surface area contributed by atoms with Crippen LogP contribution in [0.1, 0.15) is 27.7 Å². The van der Waals surface area contributed by atoms with Gasteiger partial charge in [0.2, 0.25) is 0 Å². The van der Waals surface area contributed by atoms with Gasteiger partial charge in [-0.15, -0.1) is 0 Å². The number of nitrogens with zero attached hydrogens (tertiary/aromatic N) is 1. The van der Waals surface area contributed by atoms with E-state index in [0.717, 1.165) is 16.8 Å². The molecule has 28 heavy (non-hydrogen) atoms. The number of carbonyl (C=O) groups excluding carboxylic acids is 1. The molecule has 0 spiro atoms. The second-order valence-electron chi connectivity index (χ2n) is 6.46. The fraction of sp³-hybridized carbons (Fsp3) is 0.136. The molecule has 3 aromatic rings. The molecule has 0 radical (unpaired) electrons. The summed E-state index contributed by atoms with van der Waals surface area (Å²) in [4.78, 5) is 14.9. The van der Waals surface area contributed by atoms with E-state index in [1.165, 1.54) is 12.1 Å². The number of halogens is 2. The average Bonchev–Trinajstić information content (AvgIpc) is 2.71. The number of para-hydroxylation sites is 1. The Labute approximate surface area is 161 Å². The van der Waals surface area contributed by atoms with Crippen molar-refractivity contribution in [2.24, 2.45) is 0 Å². The zero-order chi connectivity index (χ0) is 19.5. The molecular formula is C22H18F2N2O2. The van der Waals surface area contributed by atoms with Crippen molar-refractivity contribution in [2.75, 3.05) is 5.32 Å². The zero-order valence-corrected chi connectivity index (χ0v) is 14.9. The fourth-order valence-electron chi connectivity index (χ4n) is 3.33. The highest BCUT2D eigenvalue weighted by molar-refractivity contribution is 6.01. The molecule has 4 nitrogen and oxygen atoms in total. The summed E-state index contributed by atoms with van der Waals surface area (Å²) in [6.45, 7) is -2.46. The van der Waals surface area contributed by atoms with Crippen LogP contribution >= 0.6 is 0 Å². The van der Waals surface area contributed by atoms with E-state index in [2.05, 4.69) is 10.1 Å². The van der Waals surface area contributed by atoms with E-state index in [1.54, 1.807) is 23.1 Å². The minimum Gasteiger partial charge on any atom is -0.435 e. The maximum absolute atomic E-state index is 13.2. The van der Waals surface area contributed by atoms with E-state index in [0.29, 0.717) is 12.1 Å². The van der Waals surface area contributed by atoms with Crippen molar-refractivity contribution in [1.29, 1.82) is 0 Å². The summed E-state index contributed by atoms with van der Waals surface area (Å²) in [6.07, 6.45) is -0.428. The topological polar surface area (TPSA) is 41.6 Å². The van der Waals surface area contributed by atoms with Crippen molar-refractivity contribution in [3.63, 3.8) is 0 Å². The summed E-state index contributed by atoms with van der Waals surface area (Å²) in [5.41, 5.74) is 3.13. The van der Waals surface area contributed by atoms with Crippen molar-refractivity contribution in [3.05, 3.63) is 95.6 Å². The molecule has 0 bridgehead atoms. The van der Waals surface area contributed by atoms with Crippen LogP contribution in [0.5, 0.6) is 5.75 Å². The smallest absolute Gasteiger partial charge is 0.387 e. The first-order valence-corrected chi connectivity index (χ1v) is 8.87. The van der Waals surface area contributed by atoms with Crippen LogP contribution in [0.3, 0.4) is 0 Å². The molecule has 1 aliphatic rings. The van der Waals surface area contributed by atoms with Gasteiger partial charge in [-0.3, -0.25) is 4.79 Å². The van der Waals surface area contributed by atoms with Crippen molar-refractivity contribution in [3.8, 4) is 5.75 Å². The molecule has 1 N–H and O–H groups in total. The van der Waals surface area contributed by atoms with Gasteiger partial charge in [0, 0.05) is 12.2 Å². The Kier molecular flexibility index (Phi) is 4.93. The van der Waals surface area contributed by atoms with E-state index in [1.807, 2.05) is 48.5 Å². The van der Waals surface area contributed by atoms with Crippen LogP contribution in [-0.4, -0.2) is 17.4 Å². The summed E-state index contributed by atoms with van der Waals surface area (Å²) in [6, 6.07) is 23.4. The Hall–Kier alpha value is -3.41. The second kappa shape index (κ2) is 7.68. The highest BCUT2D eigenvalue weighted by atomic mass is 19.3. The van der Waals surface area contributed by atoms with Gasteiger partial charge in [0.1, 0.15) is 11.9 Å². The number of hydrogen-bond donors (Lipinski definition) is 1. The maximum Gasteiger partial charge on any atom is 0.387 e. The lowest BCUT2D eigenvalue weighted by atomic mass is 10.0. The molecule has 1 amide bonds. The first kappa shape index (κ1) is 18.0. The fourth-order valence-corrected chi connectivity index (χ4v) is 3.33. The van der Waals surface area contributed by atoms with Gasteiger partial charge in [-0.1, -0.05) is 54.6 Å². The van der Waals surface area contributed by atoms with Gasteiger partial charge < -0.3 is 15.0 Å². The molecule has 0 aliphatic carbocycles. The van der Waals surface area contributed by atoms with Crippen LogP contribution < -0.4 is 10.1 Å². The van der Waals surface area contributed by atoms with E-state index >= 15 is 0 Å². The van der Waals surface area contributed by atoms with E-state index in [4.69, 9.17) is 0 Å². The number of anilines is 1. The van der Waals surface area contributed by atoms with Crippen LogP contribution in [0.4, 0.5) is 14.5 Å². The van der Waals surface area contributed by atoms with Gasteiger partial charge in [-0.05, 0) is 35.4 Å². The second-order valence-corrected chi connectivity index (χ2v) is 6.46. The summed E-state index contributed by atoms with van der Waals surface area (Å²) in [5, 5.41) is 3.39. The van der Waals surface area contributed by atoms with E-state index in [9.17, 15) is 13.6 Å². The normalized spacial score (nSPS) is 15.9. The molecule has 1 heterocycles. The lowest BCUT2D eigenvalue weighted by Gasteiger charge is -2.38. The molecule has 0 saturated heterocycles. The van der Waals surface area contributed by atoms with Crippen molar-refractivity contribution in [1.82, 2.24) is 4.90 Å². The van der Waals surface area contributed by atoms with Crippen LogP contribution in [0.15, 0.2) is 78.9 Å². The summed E-state index contributed by atoms with van der Waals surface area (Å²) in [5.74, 6) is -0.00740. The van der Waals surface area contributed by atoms with E-state index in [-0.39, 0.29) is 11.7 Å². The highest BCUT2D eigenvalue weighted by Crippen LogP contribution is 2.34. The van der Waals surface area contributed by atoms with Gasteiger partial charge >= 0.3 is 6.61 Å². The monoisotopic (exact) mass is 380 g/mol. The van der Waals surface area contributed by atoms with Crippen molar-refractivity contribution in [2.45, 2.75) is 19.3 Å². The van der Waals surface area contributed by atoms with E-state index < -0.39 is 12.8 Å². The molecule has 3 aromatic carbocycles. The first-order valence-electron chi connectivity index (χ1n) is 8.87. The van der Waals surface area contributed by atoms with Gasteiger partial charge in [0.05, 0.1) is 5.56 Å². The predicted octanol–water partition coefficient (Wildman–Crippen LogP) is 5.05. The molecule has 142 valence electrons. The summed E-state index contributed by atoms with van der Waals surface area (Å²) in [7, 11) is 0. The van der Waals surface area contributed by atoms with Gasteiger partial charge in [0.15, 0.2) is 0 Å². The van der Waals surface area contributed by atoms with Crippen LogP contribution in [-0.2, 0) is 6.54 Å². The first-order chi connectivity index (χ1) is 13.6. The quantitative estimate of drug-likeness (QED) is 0.673. The third kappa shape index (κ3) is 3.67. The minimum atomic E-state index is -2.87. The van der Waals surface area contributed by atoms with Gasteiger partial charge in [0.25, 0.3) is 5.91 Å². The number of rotatable bonds is 5. The lowest BCUT2D eigenvalue weighted by molar-refractivity contribution is -0.0498. The van der Waals surface area contributed by atoms with Crippen LogP contribution in [0.2, 0.25) is 0 Å². The Morgan fingerprint density at radius 1 is 0.929 bits per heavy atom. The standard InChI is InChI=1S/C22H18F2N2O2/c23-22(24)28-17-12-10-16(11-13-17)20-25-19-9-5-4-8-18(19)21(27)26(20)14-15-6-2-1-3-7-15/h1-13,20,22,25H,14H2/t20-/m0/s1. The number of ether oxygens (including phenoxy) is 1. The summed E-state index contributed by atoms with van der Waals surface area (Å²) < 4.78 is 29.2. The van der Waals surface area contributed by atoms with Gasteiger partial charge in [-0.25, -0.2) is 0 Å². The Balaban J connectivity index is 1.69. The Bertz CT molecular complexity index is 962. The molecule has 6 heteroatoms. The van der Waals surface area contributed by atoms with Crippen LogP contribution in [0.25, 0.3) is 0 Å². The lowest BCUT2D eigenvalue weighted by Crippen LogP contribution is -2.42. The predicted molar refractivity (Wildman–Crippen MR) is 102 cm³/mol. The number of carbonyl (C=O) groups is 1. The SMILES string of the molecule is O=C1c2ccccc2N[C@H](c2ccc(OC(F)F)cc2)N1Cc1ccccc1. The molecule has 0 saturated carbocycles. The average molecular weight is 380 g/mol. The molecule has 4 rings (SSSR count). The maximum atomic E-state index is 13.2. The van der Waals surface area contributed by atoms with Crippen LogP contribution in [0, 0.1) is 0 Å². The number of fused-ring (bicyclic) bond motifs is 1. The third-order valence-electron chi connectivity index (χ3n) is 4.64. The molecule has 1 aliphatic heterocycles. The molecule has 0 unspecified atom stereocenters. The molecule has 0 fully saturated rings. The number of alkyl halides is 2. The van der Waals surface area contributed by atoms with Crippen molar-refractivity contribution < 1.29 is 18.3 Å². The number of nitrogens with one attached hydrogen (secondary N) is 1. The highest BCUT2D eigenvalue weighted by Gasteiger charge is 2.32. The molecule has 0 aromatic heterocycles. The molecule has 1 atom stereocenters. The number of hydrogen-bond acceptors (Lipinski definition) is 3. The Morgan fingerprint density at radius 2 is 1.61 bits per heavy atom. The zero-order valence-electron chi connectivity index (χ0n) is 14.9. The summed E-state index contributed by atoms with van der Waals surface area (Å²) >= 11 is 0. The number of amides is 1.